The van der Waals surface area contributed by atoms with Gasteiger partial charge in [-0.3, -0.25) is 0 Å². The van der Waals surface area contributed by atoms with E-state index in [4.69, 9.17) is 0 Å². The van der Waals surface area contributed by atoms with Crippen LogP contribution in [0.4, 0.5) is 0 Å². The van der Waals surface area contributed by atoms with E-state index in [2.05, 4.69) is 30.5 Å². The summed E-state index contributed by atoms with van der Waals surface area (Å²) in [6.07, 6.45) is 13.1. The largest absolute Gasteiger partial charge is 0.317 e. The smallest absolute Gasteiger partial charge is 0.00459 e. The minimum Gasteiger partial charge on any atom is -0.317 e. The van der Waals surface area contributed by atoms with Crippen LogP contribution in [0.2, 0.25) is 0 Å². The van der Waals surface area contributed by atoms with Gasteiger partial charge in [0.2, 0.25) is 0 Å². The first-order valence-corrected chi connectivity index (χ1v) is 5.48. The van der Waals surface area contributed by atoms with Gasteiger partial charge < -0.3 is 5.32 Å². The van der Waals surface area contributed by atoms with Crippen molar-refractivity contribution in [3.63, 3.8) is 0 Å². The van der Waals surface area contributed by atoms with Crippen molar-refractivity contribution in [1.82, 2.24) is 5.32 Å². The van der Waals surface area contributed by atoms with E-state index in [1.165, 1.54) is 45.2 Å². The van der Waals surface area contributed by atoms with Crippen molar-refractivity contribution in [3.05, 3.63) is 23.8 Å². The lowest BCUT2D eigenvalue weighted by Gasteiger charge is -2.08. The summed E-state index contributed by atoms with van der Waals surface area (Å²) in [6.45, 7) is 4.55. The first-order valence-electron chi connectivity index (χ1n) is 5.48. The Labute approximate surface area is 81.9 Å². The van der Waals surface area contributed by atoms with Gasteiger partial charge in [0.15, 0.2) is 0 Å². The van der Waals surface area contributed by atoms with Crippen molar-refractivity contribution in [1.29, 1.82) is 0 Å². The fourth-order valence-electron chi connectivity index (χ4n) is 1.60. The summed E-state index contributed by atoms with van der Waals surface area (Å²) >= 11 is 0. The molecule has 0 bridgehead atoms. The van der Waals surface area contributed by atoms with Gasteiger partial charge in [-0.05, 0) is 45.2 Å². The maximum Gasteiger partial charge on any atom is -0.00459 e. The Morgan fingerprint density at radius 1 is 1.38 bits per heavy atom. The maximum absolute atomic E-state index is 3.43. The first kappa shape index (κ1) is 10.5. The molecule has 0 fully saturated rings. The van der Waals surface area contributed by atoms with Crippen LogP contribution in [-0.4, -0.2) is 13.1 Å². The van der Waals surface area contributed by atoms with E-state index in [0.717, 1.165) is 0 Å². The van der Waals surface area contributed by atoms with Crippen molar-refractivity contribution >= 4 is 0 Å². The number of hydrogen-bond donors (Lipinski definition) is 1. The second kappa shape index (κ2) is 6.90. The molecule has 0 amide bonds. The van der Waals surface area contributed by atoms with E-state index in [-0.39, 0.29) is 0 Å². The van der Waals surface area contributed by atoms with Gasteiger partial charge in [-0.1, -0.05) is 30.7 Å². The Hall–Kier alpha value is -0.560. The molecule has 1 N–H and O–H groups in total. The van der Waals surface area contributed by atoms with Gasteiger partial charge in [-0.2, -0.15) is 0 Å². The lowest BCUT2D eigenvalue weighted by atomic mass is 10.0. The predicted octanol–water partition coefficient (Wildman–Crippen LogP) is 3.04. The SMILES string of the molecule is CCCNCCCC1=CC=CCC1. The van der Waals surface area contributed by atoms with Crippen LogP contribution in [0.25, 0.3) is 0 Å². The Morgan fingerprint density at radius 3 is 3.00 bits per heavy atom. The minimum absolute atomic E-state index is 1.17. The highest BCUT2D eigenvalue weighted by atomic mass is 14.8. The Kier molecular flexibility index (Phi) is 5.59. The monoisotopic (exact) mass is 179 g/mol. The third kappa shape index (κ3) is 4.89. The van der Waals surface area contributed by atoms with Crippen LogP contribution in [0.15, 0.2) is 23.8 Å². The Bertz CT molecular complexity index is 180. The van der Waals surface area contributed by atoms with Crippen LogP contribution < -0.4 is 5.32 Å². The highest BCUT2D eigenvalue weighted by molar-refractivity contribution is 5.17. The zero-order chi connectivity index (χ0) is 9.36. The molecular formula is C12H21N. The summed E-state index contributed by atoms with van der Waals surface area (Å²) < 4.78 is 0. The van der Waals surface area contributed by atoms with E-state index < -0.39 is 0 Å². The molecule has 1 heteroatoms. The summed E-state index contributed by atoms with van der Waals surface area (Å²) in [7, 11) is 0. The number of rotatable bonds is 6. The lowest BCUT2D eigenvalue weighted by molar-refractivity contribution is 0.632. The van der Waals surface area contributed by atoms with Crippen LogP contribution >= 0.6 is 0 Å². The molecule has 1 aliphatic rings. The average molecular weight is 179 g/mol. The van der Waals surface area contributed by atoms with Crippen molar-refractivity contribution in [2.45, 2.75) is 39.0 Å². The standard InChI is InChI=1S/C12H21N/c1-2-10-13-11-6-9-12-7-4-3-5-8-12/h3-4,7,13H,2,5-6,8-11H2,1H3. The molecule has 0 aromatic heterocycles. The molecule has 1 aliphatic carbocycles. The fourth-order valence-corrected chi connectivity index (χ4v) is 1.60. The molecule has 0 unspecified atom stereocenters. The molecule has 0 atom stereocenters. The third-order valence-corrected chi connectivity index (χ3v) is 2.38. The number of allylic oxidation sites excluding steroid dienone is 4. The van der Waals surface area contributed by atoms with Gasteiger partial charge in [0.1, 0.15) is 0 Å². The van der Waals surface area contributed by atoms with Crippen molar-refractivity contribution in [3.8, 4) is 0 Å². The quantitative estimate of drug-likeness (QED) is 0.618. The molecule has 0 saturated heterocycles. The van der Waals surface area contributed by atoms with Gasteiger partial charge in [0.25, 0.3) is 0 Å². The Morgan fingerprint density at radius 2 is 2.31 bits per heavy atom. The van der Waals surface area contributed by atoms with E-state index in [0.29, 0.717) is 0 Å². The van der Waals surface area contributed by atoms with Crippen LogP contribution in [0.1, 0.15) is 39.0 Å². The Balaban J connectivity index is 1.99. The topological polar surface area (TPSA) is 12.0 Å². The van der Waals surface area contributed by atoms with E-state index in [9.17, 15) is 0 Å². The second-order valence-electron chi connectivity index (χ2n) is 3.65. The zero-order valence-electron chi connectivity index (χ0n) is 8.68. The third-order valence-electron chi connectivity index (χ3n) is 2.38. The summed E-state index contributed by atoms with van der Waals surface area (Å²) in [5.74, 6) is 0. The minimum atomic E-state index is 1.17. The first-order chi connectivity index (χ1) is 6.43. The molecular weight excluding hydrogens is 158 g/mol. The van der Waals surface area contributed by atoms with Gasteiger partial charge in [-0.15, -0.1) is 0 Å². The molecule has 0 saturated carbocycles. The van der Waals surface area contributed by atoms with Gasteiger partial charge in [0, 0.05) is 0 Å². The number of hydrogen-bond acceptors (Lipinski definition) is 1. The van der Waals surface area contributed by atoms with Gasteiger partial charge in [-0.25, -0.2) is 0 Å². The van der Waals surface area contributed by atoms with Crippen molar-refractivity contribution < 1.29 is 0 Å². The normalized spacial score (nSPS) is 15.9. The summed E-state index contributed by atoms with van der Waals surface area (Å²) in [5, 5.41) is 3.43. The summed E-state index contributed by atoms with van der Waals surface area (Å²) in [5.41, 5.74) is 1.63. The van der Waals surface area contributed by atoms with Crippen LogP contribution in [0.5, 0.6) is 0 Å². The molecule has 0 aliphatic heterocycles. The molecule has 0 aromatic rings. The van der Waals surface area contributed by atoms with Crippen molar-refractivity contribution in [2.75, 3.05) is 13.1 Å². The van der Waals surface area contributed by atoms with Crippen LogP contribution in [0.3, 0.4) is 0 Å². The summed E-state index contributed by atoms with van der Waals surface area (Å²) in [4.78, 5) is 0. The predicted molar refractivity (Wildman–Crippen MR) is 58.9 cm³/mol. The highest BCUT2D eigenvalue weighted by Crippen LogP contribution is 2.16. The molecule has 0 radical (unpaired) electrons. The van der Waals surface area contributed by atoms with Gasteiger partial charge >= 0.3 is 0 Å². The van der Waals surface area contributed by atoms with E-state index >= 15 is 0 Å². The van der Waals surface area contributed by atoms with Crippen LogP contribution in [-0.2, 0) is 0 Å². The molecule has 13 heavy (non-hydrogen) atoms. The van der Waals surface area contributed by atoms with Gasteiger partial charge in [0.05, 0.1) is 0 Å². The molecule has 1 nitrogen and oxygen atoms in total. The maximum atomic E-state index is 3.43. The average Bonchev–Trinajstić information content (AvgIpc) is 2.19. The van der Waals surface area contributed by atoms with E-state index in [1.54, 1.807) is 5.57 Å². The molecule has 0 spiro atoms. The molecule has 0 heterocycles. The lowest BCUT2D eigenvalue weighted by Crippen LogP contribution is -2.15. The van der Waals surface area contributed by atoms with Crippen molar-refractivity contribution in [2.24, 2.45) is 0 Å². The zero-order valence-corrected chi connectivity index (χ0v) is 8.68. The summed E-state index contributed by atoms with van der Waals surface area (Å²) in [6, 6.07) is 0. The number of nitrogens with one attached hydrogen (secondary N) is 1. The fraction of sp³-hybridized carbons (Fsp3) is 0.667. The molecule has 0 aromatic carbocycles. The molecule has 1 rings (SSSR count). The van der Waals surface area contributed by atoms with E-state index in [1.807, 2.05) is 0 Å². The van der Waals surface area contributed by atoms with Crippen LogP contribution in [0, 0.1) is 0 Å². The second-order valence-corrected chi connectivity index (χ2v) is 3.65. The highest BCUT2D eigenvalue weighted by Gasteiger charge is 1.98. The molecule has 74 valence electrons.